The molecule has 2 heterocycles. The molecule has 0 radical (unpaired) electrons. The molecule has 102 valence electrons. The largest absolute Gasteiger partial charge is 0.369 e. The summed E-state index contributed by atoms with van der Waals surface area (Å²) in [7, 11) is 0. The van der Waals surface area contributed by atoms with Gasteiger partial charge in [0.05, 0.1) is 6.67 Å². The van der Waals surface area contributed by atoms with Crippen molar-refractivity contribution in [3.8, 4) is 0 Å². The van der Waals surface area contributed by atoms with Crippen molar-refractivity contribution in [1.82, 2.24) is 10.6 Å². The third-order valence-corrected chi connectivity index (χ3v) is 3.80. The third-order valence-electron chi connectivity index (χ3n) is 3.80. The number of anilines is 2. The van der Waals surface area contributed by atoms with Crippen molar-refractivity contribution >= 4 is 11.4 Å². The van der Waals surface area contributed by atoms with Crippen LogP contribution >= 0.6 is 0 Å². The van der Waals surface area contributed by atoms with Crippen molar-refractivity contribution in [2.75, 3.05) is 49.2 Å². The lowest BCUT2D eigenvalue weighted by Crippen LogP contribution is -2.43. The maximum absolute atomic E-state index is 3.40. The van der Waals surface area contributed by atoms with Crippen molar-refractivity contribution in [2.24, 2.45) is 0 Å². The van der Waals surface area contributed by atoms with Crippen LogP contribution in [0, 0.1) is 6.92 Å². The van der Waals surface area contributed by atoms with Crippen molar-refractivity contribution < 1.29 is 0 Å². The van der Waals surface area contributed by atoms with Crippen molar-refractivity contribution in [3.05, 3.63) is 36.0 Å². The van der Waals surface area contributed by atoms with Gasteiger partial charge < -0.3 is 15.1 Å². The summed E-state index contributed by atoms with van der Waals surface area (Å²) in [5.41, 5.74) is 4.00. The van der Waals surface area contributed by atoms with Crippen LogP contribution in [0.15, 0.2) is 30.5 Å². The summed E-state index contributed by atoms with van der Waals surface area (Å²) in [5, 5.41) is 6.75. The molecule has 0 bridgehead atoms. The van der Waals surface area contributed by atoms with Crippen LogP contribution in [0.4, 0.5) is 11.4 Å². The fraction of sp³-hybridized carbons (Fsp3) is 0.467. The SMILES string of the molecule is Cc1cc(N2C=CCNC2)ccc1N1CCNCC1. The first-order valence-corrected chi connectivity index (χ1v) is 7.05. The van der Waals surface area contributed by atoms with Crippen LogP contribution in [-0.2, 0) is 0 Å². The van der Waals surface area contributed by atoms with Crippen molar-refractivity contribution in [3.63, 3.8) is 0 Å². The highest BCUT2D eigenvalue weighted by Crippen LogP contribution is 2.26. The van der Waals surface area contributed by atoms with Crippen LogP contribution in [-0.4, -0.2) is 39.4 Å². The van der Waals surface area contributed by atoms with Gasteiger partial charge in [0, 0.05) is 50.3 Å². The van der Waals surface area contributed by atoms with Crippen LogP contribution in [0.1, 0.15) is 5.56 Å². The molecule has 19 heavy (non-hydrogen) atoms. The molecule has 4 nitrogen and oxygen atoms in total. The molecule has 1 fully saturated rings. The first kappa shape index (κ1) is 12.5. The number of nitrogens with one attached hydrogen (secondary N) is 2. The van der Waals surface area contributed by atoms with Gasteiger partial charge in [0.1, 0.15) is 0 Å². The predicted octanol–water partition coefficient (Wildman–Crippen LogP) is 1.29. The minimum atomic E-state index is 0.892. The van der Waals surface area contributed by atoms with Crippen molar-refractivity contribution in [2.45, 2.75) is 6.92 Å². The van der Waals surface area contributed by atoms with Gasteiger partial charge in [-0.1, -0.05) is 6.08 Å². The molecular weight excluding hydrogens is 236 g/mol. The Kier molecular flexibility index (Phi) is 3.71. The zero-order valence-corrected chi connectivity index (χ0v) is 11.5. The van der Waals surface area contributed by atoms with E-state index < -0.39 is 0 Å². The molecule has 2 aliphatic rings. The molecule has 0 atom stereocenters. The zero-order valence-electron chi connectivity index (χ0n) is 11.5. The first-order chi connectivity index (χ1) is 9.34. The standard InChI is InChI=1S/C15H22N4/c1-13-11-14(19-8-2-5-17-12-19)3-4-15(13)18-9-6-16-7-10-18/h2-4,8,11,16-17H,5-7,9-10,12H2,1H3. The highest BCUT2D eigenvalue weighted by atomic mass is 15.2. The summed E-state index contributed by atoms with van der Waals surface area (Å²) >= 11 is 0. The Hall–Kier alpha value is -1.52. The Morgan fingerprint density at radius 3 is 2.63 bits per heavy atom. The van der Waals surface area contributed by atoms with Gasteiger partial charge in [-0.25, -0.2) is 0 Å². The van der Waals surface area contributed by atoms with Crippen LogP contribution < -0.4 is 20.4 Å². The zero-order chi connectivity index (χ0) is 13.1. The van der Waals surface area contributed by atoms with Crippen LogP contribution in [0.25, 0.3) is 0 Å². The Morgan fingerprint density at radius 1 is 1.11 bits per heavy atom. The Morgan fingerprint density at radius 2 is 1.95 bits per heavy atom. The van der Waals surface area contributed by atoms with E-state index in [1.807, 2.05) is 0 Å². The molecule has 4 heteroatoms. The number of nitrogens with zero attached hydrogens (tertiary/aromatic N) is 2. The second-order valence-corrected chi connectivity index (χ2v) is 5.17. The monoisotopic (exact) mass is 258 g/mol. The molecule has 0 unspecified atom stereocenters. The molecular formula is C15H22N4. The number of benzene rings is 1. The smallest absolute Gasteiger partial charge is 0.0728 e. The van der Waals surface area contributed by atoms with Gasteiger partial charge in [-0.05, 0) is 30.7 Å². The molecule has 1 aromatic carbocycles. The van der Waals surface area contributed by atoms with E-state index in [1.165, 1.54) is 16.9 Å². The summed E-state index contributed by atoms with van der Waals surface area (Å²) in [6.07, 6.45) is 4.32. The Balaban J connectivity index is 1.80. The first-order valence-electron chi connectivity index (χ1n) is 7.05. The molecule has 3 rings (SSSR count). The van der Waals surface area contributed by atoms with Gasteiger partial charge in [-0.15, -0.1) is 0 Å². The minimum absolute atomic E-state index is 0.892. The van der Waals surface area contributed by atoms with Gasteiger partial charge >= 0.3 is 0 Å². The number of aryl methyl sites for hydroxylation is 1. The third kappa shape index (κ3) is 2.74. The number of hydrogen-bond acceptors (Lipinski definition) is 4. The van der Waals surface area contributed by atoms with E-state index >= 15 is 0 Å². The van der Waals surface area contributed by atoms with Crippen LogP contribution in [0.5, 0.6) is 0 Å². The highest BCUT2D eigenvalue weighted by Gasteiger charge is 2.14. The van der Waals surface area contributed by atoms with Crippen LogP contribution in [0.2, 0.25) is 0 Å². The van der Waals surface area contributed by atoms with Crippen molar-refractivity contribution in [1.29, 1.82) is 0 Å². The number of hydrogen-bond donors (Lipinski definition) is 2. The molecule has 0 spiro atoms. The van der Waals surface area contributed by atoms with E-state index in [1.54, 1.807) is 0 Å². The predicted molar refractivity (Wildman–Crippen MR) is 80.8 cm³/mol. The average molecular weight is 258 g/mol. The van der Waals surface area contributed by atoms with E-state index in [9.17, 15) is 0 Å². The molecule has 0 saturated carbocycles. The fourth-order valence-corrected chi connectivity index (χ4v) is 2.76. The second-order valence-electron chi connectivity index (χ2n) is 5.17. The molecule has 1 saturated heterocycles. The molecule has 1 aromatic rings. The van der Waals surface area contributed by atoms with Gasteiger partial charge in [-0.2, -0.15) is 0 Å². The van der Waals surface area contributed by atoms with E-state index in [4.69, 9.17) is 0 Å². The van der Waals surface area contributed by atoms with Crippen LogP contribution in [0.3, 0.4) is 0 Å². The maximum atomic E-state index is 3.40. The molecule has 0 amide bonds. The lowest BCUT2D eigenvalue weighted by atomic mass is 10.1. The lowest BCUT2D eigenvalue weighted by Gasteiger charge is -2.32. The van der Waals surface area contributed by atoms with E-state index in [-0.39, 0.29) is 0 Å². The maximum Gasteiger partial charge on any atom is 0.0728 e. The molecule has 0 aliphatic carbocycles. The topological polar surface area (TPSA) is 30.5 Å². The summed E-state index contributed by atoms with van der Waals surface area (Å²) in [6, 6.07) is 6.77. The minimum Gasteiger partial charge on any atom is -0.369 e. The van der Waals surface area contributed by atoms with E-state index in [0.29, 0.717) is 0 Å². The Bertz CT molecular complexity index is 463. The van der Waals surface area contributed by atoms with Gasteiger partial charge in [0.25, 0.3) is 0 Å². The summed E-state index contributed by atoms with van der Waals surface area (Å²) < 4.78 is 0. The molecule has 2 N–H and O–H groups in total. The van der Waals surface area contributed by atoms with E-state index in [2.05, 4.69) is 57.8 Å². The fourth-order valence-electron chi connectivity index (χ4n) is 2.76. The quantitative estimate of drug-likeness (QED) is 0.837. The summed E-state index contributed by atoms with van der Waals surface area (Å²) in [4.78, 5) is 4.72. The average Bonchev–Trinajstić information content (AvgIpc) is 2.49. The second kappa shape index (κ2) is 5.63. The molecule has 0 aromatic heterocycles. The number of rotatable bonds is 2. The van der Waals surface area contributed by atoms with Gasteiger partial charge in [-0.3, -0.25) is 5.32 Å². The summed E-state index contributed by atoms with van der Waals surface area (Å²) in [5.74, 6) is 0. The summed E-state index contributed by atoms with van der Waals surface area (Å²) in [6.45, 7) is 8.44. The highest BCUT2D eigenvalue weighted by molar-refractivity contribution is 5.62. The van der Waals surface area contributed by atoms with Gasteiger partial charge in [0.2, 0.25) is 0 Å². The van der Waals surface area contributed by atoms with E-state index in [0.717, 1.165) is 39.4 Å². The normalized spacial score (nSPS) is 19.8. The molecule has 2 aliphatic heterocycles. The van der Waals surface area contributed by atoms with Gasteiger partial charge in [0.15, 0.2) is 0 Å². The Labute approximate surface area is 115 Å². The lowest BCUT2D eigenvalue weighted by molar-refractivity contribution is 0.588. The number of piperazine rings is 1.